The minimum Gasteiger partial charge on any atom is -0.115 e. The predicted molar refractivity (Wildman–Crippen MR) is 82.9 cm³/mol. The van der Waals surface area contributed by atoms with E-state index in [9.17, 15) is 0 Å². The van der Waals surface area contributed by atoms with E-state index < -0.39 is 0 Å². The molecule has 0 aromatic heterocycles. The maximum Gasteiger partial charge on any atom is 0.0639 e. The molecule has 0 bridgehead atoms. The van der Waals surface area contributed by atoms with E-state index >= 15 is 0 Å². The standard InChI is InChI=1S/C16H24Cl2/c1-14(2,3)11-8-12(15(4,5)17)10-13(9-11)16(6,7)18/h8-10H,1-7H3. The van der Waals surface area contributed by atoms with Crippen LogP contribution < -0.4 is 0 Å². The summed E-state index contributed by atoms with van der Waals surface area (Å²) in [7, 11) is 0. The van der Waals surface area contributed by atoms with E-state index in [1.807, 2.05) is 27.7 Å². The summed E-state index contributed by atoms with van der Waals surface area (Å²) in [5.41, 5.74) is 3.62. The summed E-state index contributed by atoms with van der Waals surface area (Å²) in [6.07, 6.45) is 0. The van der Waals surface area contributed by atoms with Gasteiger partial charge >= 0.3 is 0 Å². The summed E-state index contributed by atoms with van der Waals surface area (Å²) in [5, 5.41) is 0. The average Bonchev–Trinajstić information content (AvgIpc) is 2.13. The van der Waals surface area contributed by atoms with Crippen molar-refractivity contribution in [2.75, 3.05) is 0 Å². The van der Waals surface area contributed by atoms with Crippen LogP contribution in [0, 0.1) is 0 Å². The molecule has 0 nitrogen and oxygen atoms in total. The monoisotopic (exact) mass is 286 g/mol. The normalized spacial score (nSPS) is 13.8. The third-order valence-electron chi connectivity index (χ3n) is 3.17. The van der Waals surface area contributed by atoms with Crippen molar-refractivity contribution in [3.05, 3.63) is 34.9 Å². The Morgan fingerprint density at radius 2 is 0.889 bits per heavy atom. The molecule has 0 atom stereocenters. The Labute approximate surface area is 122 Å². The zero-order chi connectivity index (χ0) is 14.4. The van der Waals surface area contributed by atoms with E-state index in [-0.39, 0.29) is 15.2 Å². The quantitative estimate of drug-likeness (QED) is 0.591. The molecule has 0 unspecified atom stereocenters. The van der Waals surface area contributed by atoms with E-state index in [0.29, 0.717) is 0 Å². The number of rotatable bonds is 2. The summed E-state index contributed by atoms with van der Waals surface area (Å²) < 4.78 is 0. The van der Waals surface area contributed by atoms with Crippen LogP contribution in [0.2, 0.25) is 0 Å². The van der Waals surface area contributed by atoms with Crippen LogP contribution in [0.15, 0.2) is 18.2 Å². The second-order valence-corrected chi connectivity index (χ2v) is 8.88. The molecule has 0 saturated carbocycles. The van der Waals surface area contributed by atoms with Gasteiger partial charge in [0.05, 0.1) is 9.75 Å². The van der Waals surface area contributed by atoms with Crippen molar-refractivity contribution in [2.45, 2.75) is 63.6 Å². The summed E-state index contributed by atoms with van der Waals surface area (Å²) in [4.78, 5) is -0.754. The van der Waals surface area contributed by atoms with Gasteiger partial charge in [0.1, 0.15) is 0 Å². The van der Waals surface area contributed by atoms with Gasteiger partial charge in [-0.1, -0.05) is 39.0 Å². The summed E-state index contributed by atoms with van der Waals surface area (Å²) in [6.45, 7) is 14.7. The molecule has 0 fully saturated rings. The molecule has 1 aromatic rings. The SMILES string of the molecule is CC(C)(C)c1cc(C(C)(C)Cl)cc(C(C)(C)Cl)c1. The maximum atomic E-state index is 6.46. The van der Waals surface area contributed by atoms with Crippen molar-refractivity contribution < 1.29 is 0 Å². The zero-order valence-electron chi connectivity index (χ0n) is 12.5. The maximum absolute atomic E-state index is 6.46. The van der Waals surface area contributed by atoms with Crippen molar-refractivity contribution >= 4 is 23.2 Å². The van der Waals surface area contributed by atoms with Gasteiger partial charge in [-0.2, -0.15) is 0 Å². The van der Waals surface area contributed by atoms with Crippen molar-refractivity contribution in [1.82, 2.24) is 0 Å². The Morgan fingerprint density at radius 3 is 1.11 bits per heavy atom. The molecule has 0 amide bonds. The molecular weight excluding hydrogens is 263 g/mol. The van der Waals surface area contributed by atoms with Gasteiger partial charge < -0.3 is 0 Å². The molecule has 0 radical (unpaired) electrons. The third kappa shape index (κ3) is 3.90. The van der Waals surface area contributed by atoms with Gasteiger partial charge in [-0.3, -0.25) is 0 Å². The van der Waals surface area contributed by atoms with Gasteiger partial charge in [-0.15, -0.1) is 23.2 Å². The Bertz CT molecular complexity index is 347. The molecule has 0 aliphatic carbocycles. The second-order valence-electron chi connectivity index (χ2n) is 6.99. The van der Waals surface area contributed by atoms with Crippen LogP contribution in [-0.2, 0) is 15.2 Å². The molecule has 0 aliphatic rings. The van der Waals surface area contributed by atoms with Crippen LogP contribution in [0.1, 0.15) is 65.2 Å². The highest BCUT2D eigenvalue weighted by molar-refractivity contribution is 6.24. The van der Waals surface area contributed by atoms with Crippen LogP contribution in [0.3, 0.4) is 0 Å². The first-order valence-corrected chi connectivity index (χ1v) is 7.12. The molecule has 0 aliphatic heterocycles. The first-order valence-electron chi connectivity index (χ1n) is 6.36. The highest BCUT2D eigenvalue weighted by Gasteiger charge is 2.25. The van der Waals surface area contributed by atoms with E-state index in [4.69, 9.17) is 23.2 Å². The Balaban J connectivity index is 3.49. The minimum absolute atomic E-state index is 0.0923. The molecule has 1 aromatic carbocycles. The third-order valence-corrected chi connectivity index (χ3v) is 3.61. The Morgan fingerprint density at radius 1 is 0.611 bits per heavy atom. The molecule has 1 rings (SSSR count). The van der Waals surface area contributed by atoms with E-state index in [1.165, 1.54) is 5.56 Å². The number of hydrogen-bond donors (Lipinski definition) is 0. The highest BCUT2D eigenvalue weighted by atomic mass is 35.5. The lowest BCUT2D eigenvalue weighted by Crippen LogP contribution is -2.18. The number of alkyl halides is 2. The van der Waals surface area contributed by atoms with Gasteiger partial charge in [0, 0.05) is 0 Å². The summed E-state index contributed by atoms with van der Waals surface area (Å²) in [5.74, 6) is 0. The largest absolute Gasteiger partial charge is 0.115 e. The van der Waals surface area contributed by atoms with Crippen molar-refractivity contribution in [3.8, 4) is 0 Å². The summed E-state index contributed by atoms with van der Waals surface area (Å²) in [6, 6.07) is 6.51. The topological polar surface area (TPSA) is 0 Å². The smallest absolute Gasteiger partial charge is 0.0639 e. The van der Waals surface area contributed by atoms with Gasteiger partial charge in [0.25, 0.3) is 0 Å². The Kier molecular flexibility index (Phi) is 4.16. The lowest BCUT2D eigenvalue weighted by atomic mass is 9.82. The second kappa shape index (κ2) is 4.72. The first-order chi connectivity index (χ1) is 7.82. The van der Waals surface area contributed by atoms with Gasteiger partial charge in [0.2, 0.25) is 0 Å². The molecule has 102 valence electrons. The number of benzene rings is 1. The van der Waals surface area contributed by atoms with Crippen LogP contribution in [0.4, 0.5) is 0 Å². The fraction of sp³-hybridized carbons (Fsp3) is 0.625. The van der Waals surface area contributed by atoms with Crippen molar-refractivity contribution in [2.24, 2.45) is 0 Å². The van der Waals surface area contributed by atoms with Gasteiger partial charge in [-0.25, -0.2) is 0 Å². The molecule has 0 N–H and O–H groups in total. The lowest BCUT2D eigenvalue weighted by Gasteiger charge is -2.27. The van der Waals surface area contributed by atoms with Crippen LogP contribution >= 0.6 is 23.2 Å². The first kappa shape index (κ1) is 15.9. The van der Waals surface area contributed by atoms with Gasteiger partial charge in [-0.05, 0) is 49.8 Å². The number of hydrogen-bond acceptors (Lipinski definition) is 0. The van der Waals surface area contributed by atoms with Gasteiger partial charge in [0.15, 0.2) is 0 Å². The van der Waals surface area contributed by atoms with E-state index in [1.54, 1.807) is 0 Å². The van der Waals surface area contributed by atoms with Crippen LogP contribution in [0.5, 0.6) is 0 Å². The summed E-state index contributed by atoms with van der Waals surface area (Å²) >= 11 is 12.9. The van der Waals surface area contributed by atoms with Crippen LogP contribution in [0.25, 0.3) is 0 Å². The molecule has 18 heavy (non-hydrogen) atoms. The lowest BCUT2D eigenvalue weighted by molar-refractivity contribution is 0.584. The van der Waals surface area contributed by atoms with E-state index in [2.05, 4.69) is 39.0 Å². The molecule has 0 saturated heterocycles. The minimum atomic E-state index is -0.377. The molecule has 0 spiro atoms. The molecule has 2 heteroatoms. The molecular formula is C16H24Cl2. The number of halogens is 2. The van der Waals surface area contributed by atoms with Crippen molar-refractivity contribution in [3.63, 3.8) is 0 Å². The molecule has 0 heterocycles. The average molecular weight is 287 g/mol. The van der Waals surface area contributed by atoms with E-state index in [0.717, 1.165) is 11.1 Å². The highest BCUT2D eigenvalue weighted by Crippen LogP contribution is 2.37. The zero-order valence-corrected chi connectivity index (χ0v) is 14.0. The predicted octanol–water partition coefficient (Wildman–Crippen LogP) is 5.93. The fourth-order valence-corrected chi connectivity index (χ4v) is 1.97. The fourth-order valence-electron chi connectivity index (χ4n) is 1.75. The van der Waals surface area contributed by atoms with Crippen LogP contribution in [-0.4, -0.2) is 0 Å². The van der Waals surface area contributed by atoms with Crippen molar-refractivity contribution in [1.29, 1.82) is 0 Å². The Hall–Kier alpha value is -0.200.